The minimum absolute atomic E-state index is 0.00346. The second kappa shape index (κ2) is 11.2. The number of hydrogen-bond acceptors (Lipinski definition) is 5. The zero-order valence-corrected chi connectivity index (χ0v) is 18.1. The molecule has 7 heteroatoms. The lowest BCUT2D eigenvalue weighted by Crippen LogP contribution is -2.49. The molecule has 3 rings (SSSR count). The second-order valence-corrected chi connectivity index (χ2v) is 7.65. The SMILES string of the molecule is COc1ccc(NCCNC(=O)[C@@H]2CCCC[C@@H]2NC(=O)c2ccc(OC)cc2)cc1. The van der Waals surface area contributed by atoms with Gasteiger partial charge in [0, 0.05) is 30.4 Å². The van der Waals surface area contributed by atoms with E-state index >= 15 is 0 Å². The van der Waals surface area contributed by atoms with Crippen LogP contribution in [0, 0.1) is 5.92 Å². The van der Waals surface area contributed by atoms with Gasteiger partial charge in [-0.2, -0.15) is 0 Å². The van der Waals surface area contributed by atoms with E-state index in [1.54, 1.807) is 38.5 Å². The fourth-order valence-electron chi connectivity index (χ4n) is 3.84. The van der Waals surface area contributed by atoms with Crippen LogP contribution < -0.4 is 25.4 Å². The van der Waals surface area contributed by atoms with Crippen LogP contribution in [0.15, 0.2) is 48.5 Å². The molecule has 7 nitrogen and oxygen atoms in total. The Kier molecular flexibility index (Phi) is 8.15. The summed E-state index contributed by atoms with van der Waals surface area (Å²) in [7, 11) is 3.22. The average Bonchev–Trinajstić information content (AvgIpc) is 2.82. The Bertz CT molecular complexity index is 852. The molecule has 2 aromatic carbocycles. The maximum Gasteiger partial charge on any atom is 0.251 e. The van der Waals surface area contributed by atoms with Gasteiger partial charge in [-0.25, -0.2) is 0 Å². The van der Waals surface area contributed by atoms with E-state index in [-0.39, 0.29) is 23.8 Å². The van der Waals surface area contributed by atoms with Gasteiger partial charge in [-0.05, 0) is 61.4 Å². The van der Waals surface area contributed by atoms with Crippen LogP contribution in [0.5, 0.6) is 11.5 Å². The largest absolute Gasteiger partial charge is 0.497 e. The lowest BCUT2D eigenvalue weighted by atomic mass is 9.83. The molecule has 0 saturated heterocycles. The van der Waals surface area contributed by atoms with E-state index in [0.29, 0.717) is 24.4 Å². The molecule has 0 aromatic heterocycles. The normalized spacial score (nSPS) is 18.0. The third-order valence-electron chi connectivity index (χ3n) is 5.61. The van der Waals surface area contributed by atoms with Gasteiger partial charge in [0.1, 0.15) is 11.5 Å². The number of hydrogen-bond donors (Lipinski definition) is 3. The highest BCUT2D eigenvalue weighted by atomic mass is 16.5. The summed E-state index contributed by atoms with van der Waals surface area (Å²) in [6, 6.07) is 14.5. The van der Waals surface area contributed by atoms with Gasteiger partial charge in [0.05, 0.1) is 20.1 Å². The molecule has 1 fully saturated rings. The molecular weight excluding hydrogens is 394 g/mol. The number of methoxy groups -OCH3 is 2. The quantitative estimate of drug-likeness (QED) is 0.537. The highest BCUT2D eigenvalue weighted by molar-refractivity contribution is 5.95. The second-order valence-electron chi connectivity index (χ2n) is 7.65. The number of rotatable bonds is 9. The van der Waals surface area contributed by atoms with Crippen molar-refractivity contribution >= 4 is 17.5 Å². The van der Waals surface area contributed by atoms with E-state index in [1.807, 2.05) is 24.3 Å². The summed E-state index contributed by atoms with van der Waals surface area (Å²) in [6.45, 7) is 1.13. The van der Waals surface area contributed by atoms with Gasteiger partial charge < -0.3 is 25.4 Å². The van der Waals surface area contributed by atoms with Crippen molar-refractivity contribution in [1.82, 2.24) is 10.6 Å². The lowest BCUT2D eigenvalue weighted by molar-refractivity contribution is -0.126. The van der Waals surface area contributed by atoms with Crippen LogP contribution in [0.3, 0.4) is 0 Å². The molecule has 3 N–H and O–H groups in total. The Labute approximate surface area is 183 Å². The van der Waals surface area contributed by atoms with Crippen LogP contribution >= 0.6 is 0 Å². The number of amides is 2. The van der Waals surface area contributed by atoms with E-state index in [4.69, 9.17) is 9.47 Å². The van der Waals surface area contributed by atoms with Crippen molar-refractivity contribution in [3.63, 3.8) is 0 Å². The van der Waals surface area contributed by atoms with Crippen LogP contribution in [0.1, 0.15) is 36.0 Å². The molecule has 0 radical (unpaired) electrons. The van der Waals surface area contributed by atoms with Crippen molar-refractivity contribution in [2.45, 2.75) is 31.7 Å². The summed E-state index contributed by atoms with van der Waals surface area (Å²) < 4.78 is 10.3. The molecule has 0 aliphatic heterocycles. The van der Waals surface area contributed by atoms with E-state index in [9.17, 15) is 9.59 Å². The number of benzene rings is 2. The molecule has 31 heavy (non-hydrogen) atoms. The third-order valence-corrected chi connectivity index (χ3v) is 5.61. The predicted molar refractivity (Wildman–Crippen MR) is 121 cm³/mol. The van der Waals surface area contributed by atoms with Gasteiger partial charge in [0.2, 0.25) is 5.91 Å². The van der Waals surface area contributed by atoms with Crippen molar-refractivity contribution < 1.29 is 19.1 Å². The molecule has 2 amide bonds. The van der Waals surface area contributed by atoms with Gasteiger partial charge in [0.15, 0.2) is 0 Å². The smallest absolute Gasteiger partial charge is 0.251 e. The van der Waals surface area contributed by atoms with Gasteiger partial charge >= 0.3 is 0 Å². The first-order chi connectivity index (χ1) is 15.1. The number of carbonyl (C=O) groups excluding carboxylic acids is 2. The zero-order chi connectivity index (χ0) is 22.1. The van der Waals surface area contributed by atoms with Crippen LogP contribution in [-0.2, 0) is 4.79 Å². The molecule has 0 bridgehead atoms. The average molecular weight is 426 g/mol. The summed E-state index contributed by atoms with van der Waals surface area (Å²) in [4.78, 5) is 25.4. The molecule has 166 valence electrons. The molecule has 2 aromatic rings. The molecule has 0 unspecified atom stereocenters. The minimum Gasteiger partial charge on any atom is -0.497 e. The van der Waals surface area contributed by atoms with Crippen molar-refractivity contribution in [2.24, 2.45) is 5.92 Å². The Hall–Kier alpha value is -3.22. The number of carbonyl (C=O) groups is 2. The fourth-order valence-corrected chi connectivity index (χ4v) is 3.84. The summed E-state index contributed by atoms with van der Waals surface area (Å²) >= 11 is 0. The highest BCUT2D eigenvalue weighted by Gasteiger charge is 2.32. The summed E-state index contributed by atoms with van der Waals surface area (Å²) in [5.74, 6) is 1.13. The highest BCUT2D eigenvalue weighted by Crippen LogP contribution is 2.25. The standard InChI is InChI=1S/C24H31N3O4/c1-30-19-11-7-17(8-12-19)23(28)27-22-6-4-3-5-21(22)24(29)26-16-15-25-18-9-13-20(31-2)14-10-18/h7-14,21-22,25H,3-6,15-16H2,1-2H3,(H,26,29)(H,27,28)/t21-,22+/m1/s1. The van der Waals surface area contributed by atoms with Crippen LogP contribution in [0.2, 0.25) is 0 Å². The molecule has 1 saturated carbocycles. The Morgan fingerprint density at radius 2 is 1.48 bits per heavy atom. The number of nitrogens with one attached hydrogen (secondary N) is 3. The van der Waals surface area contributed by atoms with Crippen molar-refractivity contribution in [1.29, 1.82) is 0 Å². The van der Waals surface area contributed by atoms with E-state index < -0.39 is 0 Å². The van der Waals surface area contributed by atoms with Crippen LogP contribution in [0.4, 0.5) is 5.69 Å². The van der Waals surface area contributed by atoms with E-state index in [0.717, 1.165) is 37.1 Å². The monoisotopic (exact) mass is 425 g/mol. The third kappa shape index (κ3) is 6.38. The molecule has 1 aliphatic carbocycles. The Morgan fingerprint density at radius 3 is 2.13 bits per heavy atom. The number of ether oxygens (including phenoxy) is 2. The van der Waals surface area contributed by atoms with Gasteiger partial charge in [-0.1, -0.05) is 12.8 Å². The van der Waals surface area contributed by atoms with E-state index in [2.05, 4.69) is 16.0 Å². The van der Waals surface area contributed by atoms with Gasteiger partial charge in [0.25, 0.3) is 5.91 Å². The molecular formula is C24H31N3O4. The minimum atomic E-state index is -0.211. The fraction of sp³-hybridized carbons (Fsp3) is 0.417. The summed E-state index contributed by atoms with van der Waals surface area (Å²) in [5.41, 5.74) is 1.53. The summed E-state index contributed by atoms with van der Waals surface area (Å²) in [6.07, 6.45) is 3.60. The van der Waals surface area contributed by atoms with Crippen molar-refractivity contribution in [3.05, 3.63) is 54.1 Å². The van der Waals surface area contributed by atoms with Gasteiger partial charge in [-0.3, -0.25) is 9.59 Å². The van der Waals surface area contributed by atoms with Crippen molar-refractivity contribution in [2.75, 3.05) is 32.6 Å². The molecule has 0 heterocycles. The first kappa shape index (κ1) is 22.5. The molecule has 0 spiro atoms. The predicted octanol–water partition coefficient (Wildman–Crippen LogP) is 3.22. The van der Waals surface area contributed by atoms with Crippen LogP contribution in [0.25, 0.3) is 0 Å². The Morgan fingerprint density at radius 1 is 0.871 bits per heavy atom. The maximum absolute atomic E-state index is 12.8. The number of anilines is 1. The Balaban J connectivity index is 1.48. The maximum atomic E-state index is 12.8. The topological polar surface area (TPSA) is 88.7 Å². The first-order valence-electron chi connectivity index (χ1n) is 10.7. The van der Waals surface area contributed by atoms with E-state index in [1.165, 1.54) is 0 Å². The lowest BCUT2D eigenvalue weighted by Gasteiger charge is -2.31. The van der Waals surface area contributed by atoms with Crippen molar-refractivity contribution in [3.8, 4) is 11.5 Å². The first-order valence-corrected chi connectivity index (χ1v) is 10.7. The molecule has 2 atom stereocenters. The summed E-state index contributed by atoms with van der Waals surface area (Å²) in [5, 5.41) is 9.35. The zero-order valence-electron chi connectivity index (χ0n) is 18.1. The molecule has 1 aliphatic rings. The van der Waals surface area contributed by atoms with Gasteiger partial charge in [-0.15, -0.1) is 0 Å². The van der Waals surface area contributed by atoms with Crippen LogP contribution in [-0.4, -0.2) is 45.2 Å².